The average Bonchev–Trinajstić information content (AvgIpc) is 2.17. The first kappa shape index (κ1) is 6.51. The maximum atomic E-state index is 8.86. The van der Waals surface area contributed by atoms with E-state index >= 15 is 0 Å². The molecule has 0 amide bonds. The van der Waals surface area contributed by atoms with Crippen LogP contribution in [0.2, 0.25) is 0 Å². The topological polar surface area (TPSA) is 62.1 Å². The van der Waals surface area contributed by atoms with Crippen LogP contribution < -0.4 is 0 Å². The predicted octanol–water partition coefficient (Wildman–Crippen LogP) is -0.404. The summed E-state index contributed by atoms with van der Waals surface area (Å²) in [5.74, 6) is 0. The zero-order valence-electron chi connectivity index (χ0n) is 4.90. The number of rotatable bonds is 1. The van der Waals surface area contributed by atoms with Gasteiger partial charge in [0.2, 0.25) is 0 Å². The van der Waals surface area contributed by atoms with Crippen LogP contribution in [-0.2, 0) is 4.74 Å². The van der Waals surface area contributed by atoms with E-state index in [-0.39, 0.29) is 6.10 Å². The van der Waals surface area contributed by atoms with Gasteiger partial charge in [-0.15, -0.1) is 0 Å². The van der Waals surface area contributed by atoms with Crippen LogP contribution in [0.3, 0.4) is 0 Å². The molecular formula is C5H9NO3. The lowest BCUT2D eigenvalue weighted by molar-refractivity contribution is 0.114. The van der Waals surface area contributed by atoms with Crippen LogP contribution in [-0.4, -0.2) is 35.3 Å². The molecule has 0 spiro atoms. The monoisotopic (exact) mass is 131 g/mol. The molecule has 1 aliphatic rings. The Balaban J connectivity index is 2.30. The number of aliphatic hydroxyl groups is 1. The first-order chi connectivity index (χ1) is 4.33. The van der Waals surface area contributed by atoms with Gasteiger partial charge < -0.3 is 15.1 Å². The van der Waals surface area contributed by atoms with Crippen LogP contribution in [0, 0.1) is 0 Å². The highest BCUT2D eigenvalue weighted by Gasteiger charge is 2.21. The zero-order valence-corrected chi connectivity index (χ0v) is 4.90. The molecule has 0 unspecified atom stereocenters. The smallest absolute Gasteiger partial charge is 0.0986 e. The summed E-state index contributed by atoms with van der Waals surface area (Å²) >= 11 is 0. The quantitative estimate of drug-likeness (QED) is 0.289. The molecule has 0 aromatic rings. The van der Waals surface area contributed by atoms with Crippen molar-refractivity contribution in [3.05, 3.63) is 0 Å². The van der Waals surface area contributed by atoms with Crippen LogP contribution in [0.4, 0.5) is 0 Å². The Morgan fingerprint density at radius 1 is 1.67 bits per heavy atom. The second-order valence-electron chi connectivity index (χ2n) is 2.03. The highest BCUT2D eigenvalue weighted by atomic mass is 16.5. The fourth-order valence-electron chi connectivity index (χ4n) is 0.817. The third-order valence-electron chi connectivity index (χ3n) is 1.24. The molecule has 0 aliphatic carbocycles. The van der Waals surface area contributed by atoms with E-state index in [1.165, 1.54) is 6.21 Å². The van der Waals surface area contributed by atoms with Gasteiger partial charge >= 0.3 is 0 Å². The normalized spacial score (nSPS) is 36.1. The number of nitrogens with zero attached hydrogens (tertiary/aromatic N) is 1. The molecule has 0 bridgehead atoms. The molecule has 1 aliphatic heterocycles. The van der Waals surface area contributed by atoms with Crippen molar-refractivity contribution in [3.63, 3.8) is 0 Å². The van der Waals surface area contributed by atoms with Gasteiger partial charge in [-0.05, 0) is 0 Å². The number of hydrogen-bond acceptors (Lipinski definition) is 4. The Hall–Kier alpha value is -0.610. The van der Waals surface area contributed by atoms with Gasteiger partial charge in [0.25, 0.3) is 0 Å². The van der Waals surface area contributed by atoms with Gasteiger partial charge in [-0.1, -0.05) is 5.16 Å². The summed E-state index contributed by atoms with van der Waals surface area (Å²) < 4.78 is 4.95. The average molecular weight is 131 g/mol. The van der Waals surface area contributed by atoms with Gasteiger partial charge in [-0.2, -0.15) is 0 Å². The molecule has 1 saturated heterocycles. The molecule has 4 nitrogen and oxygen atoms in total. The molecule has 2 N–H and O–H groups in total. The van der Waals surface area contributed by atoms with Crippen molar-refractivity contribution in [2.75, 3.05) is 6.61 Å². The zero-order chi connectivity index (χ0) is 6.69. The second-order valence-corrected chi connectivity index (χ2v) is 2.03. The van der Waals surface area contributed by atoms with Crippen molar-refractivity contribution < 1.29 is 15.1 Å². The number of hydrogen-bond donors (Lipinski definition) is 2. The van der Waals surface area contributed by atoms with Gasteiger partial charge in [-0.3, -0.25) is 0 Å². The molecule has 9 heavy (non-hydrogen) atoms. The number of oxime groups is 1. The highest BCUT2D eigenvalue weighted by molar-refractivity contribution is 5.62. The summed E-state index contributed by atoms with van der Waals surface area (Å²) in [6.45, 7) is 0.344. The molecule has 52 valence electrons. The van der Waals surface area contributed by atoms with Crippen molar-refractivity contribution in [1.82, 2.24) is 0 Å². The van der Waals surface area contributed by atoms with Crippen molar-refractivity contribution in [3.8, 4) is 0 Å². The van der Waals surface area contributed by atoms with Crippen molar-refractivity contribution in [2.45, 2.75) is 18.6 Å². The maximum Gasteiger partial charge on any atom is 0.0986 e. The van der Waals surface area contributed by atoms with E-state index in [9.17, 15) is 0 Å². The highest BCUT2D eigenvalue weighted by Crippen LogP contribution is 2.10. The predicted molar refractivity (Wildman–Crippen MR) is 30.6 cm³/mol. The van der Waals surface area contributed by atoms with Crippen LogP contribution >= 0.6 is 0 Å². The fraction of sp³-hybridized carbons (Fsp3) is 0.800. The Labute approximate surface area is 52.7 Å². The Morgan fingerprint density at radius 3 is 2.89 bits per heavy atom. The summed E-state index contributed by atoms with van der Waals surface area (Å²) in [6.07, 6.45) is 1.21. The van der Waals surface area contributed by atoms with Crippen LogP contribution in [0.5, 0.6) is 0 Å². The Morgan fingerprint density at radius 2 is 2.44 bits per heavy atom. The third kappa shape index (κ3) is 1.65. The molecule has 0 aromatic carbocycles. The molecule has 2 atom stereocenters. The minimum Gasteiger partial charge on any atom is -0.411 e. The van der Waals surface area contributed by atoms with E-state index in [4.69, 9.17) is 15.1 Å². The third-order valence-corrected chi connectivity index (χ3v) is 1.24. The second kappa shape index (κ2) is 2.80. The van der Waals surface area contributed by atoms with Gasteiger partial charge in [0.05, 0.1) is 25.0 Å². The van der Waals surface area contributed by atoms with E-state index in [0.29, 0.717) is 13.0 Å². The van der Waals surface area contributed by atoms with Gasteiger partial charge in [0, 0.05) is 6.42 Å². The molecule has 1 fully saturated rings. The van der Waals surface area contributed by atoms with E-state index in [2.05, 4.69) is 5.16 Å². The van der Waals surface area contributed by atoms with Crippen molar-refractivity contribution in [2.24, 2.45) is 5.16 Å². The summed E-state index contributed by atoms with van der Waals surface area (Å²) in [6, 6.07) is 0. The Kier molecular flexibility index (Phi) is 2.02. The number of aliphatic hydroxyl groups excluding tert-OH is 1. The summed E-state index contributed by atoms with van der Waals surface area (Å²) in [5, 5.41) is 19.7. The number of ether oxygens (including phenoxy) is 1. The molecule has 0 radical (unpaired) electrons. The molecule has 0 aromatic heterocycles. The van der Waals surface area contributed by atoms with Crippen molar-refractivity contribution in [1.29, 1.82) is 0 Å². The largest absolute Gasteiger partial charge is 0.411 e. The van der Waals surface area contributed by atoms with Crippen LogP contribution in [0.1, 0.15) is 6.42 Å². The summed E-state index contributed by atoms with van der Waals surface area (Å²) in [7, 11) is 0. The van der Waals surface area contributed by atoms with E-state index in [1.54, 1.807) is 0 Å². The van der Waals surface area contributed by atoms with Gasteiger partial charge in [0.1, 0.15) is 0 Å². The molecule has 1 rings (SSSR count). The van der Waals surface area contributed by atoms with Crippen LogP contribution in [0.15, 0.2) is 5.16 Å². The first-order valence-electron chi connectivity index (χ1n) is 2.80. The SMILES string of the molecule is O/N=C/[C@@H]1C[C@@H](O)CO1. The van der Waals surface area contributed by atoms with E-state index in [0.717, 1.165) is 0 Å². The summed E-state index contributed by atoms with van der Waals surface area (Å²) in [4.78, 5) is 0. The molecular weight excluding hydrogens is 122 g/mol. The van der Waals surface area contributed by atoms with E-state index in [1.807, 2.05) is 0 Å². The first-order valence-corrected chi connectivity index (χ1v) is 2.80. The molecule has 4 heteroatoms. The minimum absolute atomic E-state index is 0.204. The molecule has 1 heterocycles. The summed E-state index contributed by atoms with van der Waals surface area (Å²) in [5.41, 5.74) is 0. The lowest BCUT2D eigenvalue weighted by Gasteiger charge is -1.96. The standard InChI is InChI=1S/C5H9NO3/c7-4-1-5(2-6-8)9-3-4/h2,4-5,7-8H,1,3H2/b6-2+/t4-,5+/m1/s1. The lowest BCUT2D eigenvalue weighted by Crippen LogP contribution is -2.07. The maximum absolute atomic E-state index is 8.86. The Bertz CT molecular complexity index is 115. The lowest BCUT2D eigenvalue weighted by atomic mass is 10.2. The van der Waals surface area contributed by atoms with Crippen LogP contribution in [0.25, 0.3) is 0 Å². The minimum atomic E-state index is -0.395. The van der Waals surface area contributed by atoms with Gasteiger partial charge in [0.15, 0.2) is 0 Å². The van der Waals surface area contributed by atoms with E-state index < -0.39 is 6.10 Å². The van der Waals surface area contributed by atoms with Gasteiger partial charge in [-0.25, -0.2) is 0 Å². The van der Waals surface area contributed by atoms with Crippen molar-refractivity contribution >= 4 is 6.21 Å². The fourth-order valence-corrected chi connectivity index (χ4v) is 0.817. The molecule has 0 saturated carbocycles.